The van der Waals surface area contributed by atoms with Crippen molar-refractivity contribution in [2.24, 2.45) is 0 Å². The number of rotatable bonds is 6. The van der Waals surface area contributed by atoms with Crippen LogP contribution in [0.5, 0.6) is 11.5 Å². The lowest BCUT2D eigenvalue weighted by atomic mass is 10.1. The van der Waals surface area contributed by atoms with E-state index in [0.29, 0.717) is 23.0 Å². The van der Waals surface area contributed by atoms with Gasteiger partial charge >= 0.3 is 0 Å². The highest BCUT2D eigenvalue weighted by molar-refractivity contribution is 6.07. The maximum absolute atomic E-state index is 13.3. The highest BCUT2D eigenvalue weighted by Crippen LogP contribution is 2.34. The van der Waals surface area contributed by atoms with Crippen LogP contribution in [0.15, 0.2) is 79.0 Å². The van der Waals surface area contributed by atoms with Crippen molar-refractivity contribution < 1.29 is 14.3 Å². The molecule has 33 heavy (non-hydrogen) atoms. The molecule has 0 spiro atoms. The molecule has 0 bridgehead atoms. The van der Waals surface area contributed by atoms with E-state index in [4.69, 9.17) is 9.47 Å². The van der Waals surface area contributed by atoms with Gasteiger partial charge in [0, 0.05) is 11.8 Å². The summed E-state index contributed by atoms with van der Waals surface area (Å²) in [6.07, 6.45) is 1.82. The van der Waals surface area contributed by atoms with Gasteiger partial charge in [-0.05, 0) is 42.0 Å². The van der Waals surface area contributed by atoms with Crippen LogP contribution in [0.2, 0.25) is 0 Å². The first-order chi connectivity index (χ1) is 16.2. The highest BCUT2D eigenvalue weighted by Gasteiger charge is 2.21. The Morgan fingerprint density at radius 2 is 1.70 bits per heavy atom. The van der Waals surface area contributed by atoms with E-state index in [-0.39, 0.29) is 11.6 Å². The van der Waals surface area contributed by atoms with Gasteiger partial charge in [0.1, 0.15) is 0 Å². The lowest BCUT2D eigenvalue weighted by Gasteiger charge is -2.09. The molecule has 2 heterocycles. The van der Waals surface area contributed by atoms with E-state index >= 15 is 0 Å². The lowest BCUT2D eigenvalue weighted by molar-refractivity contribution is 0.102. The normalized spacial score (nSPS) is 10.8. The minimum Gasteiger partial charge on any atom is -0.493 e. The minimum atomic E-state index is -0.381. The molecular weight excluding hydrogens is 418 g/mol. The minimum absolute atomic E-state index is 0.256. The van der Waals surface area contributed by atoms with Crippen molar-refractivity contribution >= 4 is 22.9 Å². The number of amides is 1. The molecule has 5 rings (SSSR count). The number of aromatic nitrogens is 4. The third-order valence-corrected chi connectivity index (χ3v) is 5.27. The topological polar surface area (TPSA) is 94.1 Å². The number of imidazole rings is 1. The predicted molar refractivity (Wildman–Crippen MR) is 126 cm³/mol. The van der Waals surface area contributed by atoms with Crippen molar-refractivity contribution in [2.75, 3.05) is 19.5 Å². The number of para-hydroxylation sites is 3. The van der Waals surface area contributed by atoms with Gasteiger partial charge in [-0.2, -0.15) is 5.10 Å². The second kappa shape index (κ2) is 8.51. The Labute approximate surface area is 189 Å². The smallest absolute Gasteiger partial charge is 0.279 e. The van der Waals surface area contributed by atoms with E-state index in [0.717, 1.165) is 22.3 Å². The van der Waals surface area contributed by atoms with Crippen LogP contribution in [0.1, 0.15) is 10.5 Å². The second-order valence-corrected chi connectivity index (χ2v) is 7.30. The average Bonchev–Trinajstić information content (AvgIpc) is 3.48. The number of H-pyrrole nitrogens is 1. The summed E-state index contributed by atoms with van der Waals surface area (Å²) in [5, 5.41) is 7.43. The Kier molecular flexibility index (Phi) is 5.24. The first kappa shape index (κ1) is 20.3. The molecule has 0 unspecified atom stereocenters. The summed E-state index contributed by atoms with van der Waals surface area (Å²) in [4.78, 5) is 20.9. The van der Waals surface area contributed by atoms with Gasteiger partial charge in [-0.25, -0.2) is 9.67 Å². The number of benzene rings is 3. The van der Waals surface area contributed by atoms with E-state index in [9.17, 15) is 4.79 Å². The van der Waals surface area contributed by atoms with E-state index in [1.165, 1.54) is 0 Å². The van der Waals surface area contributed by atoms with Gasteiger partial charge in [0.15, 0.2) is 17.2 Å². The molecule has 0 fully saturated rings. The molecule has 3 aromatic carbocycles. The first-order valence-corrected chi connectivity index (χ1v) is 10.3. The van der Waals surface area contributed by atoms with Crippen LogP contribution in [-0.4, -0.2) is 39.9 Å². The summed E-state index contributed by atoms with van der Waals surface area (Å²) >= 11 is 0. The van der Waals surface area contributed by atoms with Crippen molar-refractivity contribution in [3.05, 3.63) is 84.7 Å². The Hall–Kier alpha value is -4.59. The van der Waals surface area contributed by atoms with Gasteiger partial charge in [-0.15, -0.1) is 0 Å². The second-order valence-electron chi connectivity index (χ2n) is 7.30. The standard InChI is InChI=1S/C25H21N5O3/c1-32-21-13-12-16(14-22(21)33-2)18-15-30(17-8-4-3-5-9-17)29-23(18)24(31)28-25-26-19-10-6-7-11-20(19)27-25/h3-15H,1-2H3,(H2,26,27,28,31). The third-order valence-electron chi connectivity index (χ3n) is 5.27. The van der Waals surface area contributed by atoms with Gasteiger partial charge in [0.25, 0.3) is 5.91 Å². The number of anilines is 1. The molecule has 0 saturated heterocycles. The summed E-state index contributed by atoms with van der Waals surface area (Å²) in [7, 11) is 3.15. The van der Waals surface area contributed by atoms with Gasteiger partial charge < -0.3 is 14.5 Å². The molecule has 2 N–H and O–H groups in total. The molecule has 0 saturated carbocycles. The molecule has 5 aromatic rings. The number of aromatic amines is 1. The van der Waals surface area contributed by atoms with Crippen LogP contribution in [0.4, 0.5) is 5.95 Å². The predicted octanol–water partition coefficient (Wildman–Crippen LogP) is 4.69. The van der Waals surface area contributed by atoms with Gasteiger partial charge in [-0.1, -0.05) is 36.4 Å². The third kappa shape index (κ3) is 3.89. The lowest BCUT2D eigenvalue weighted by Crippen LogP contribution is -2.15. The fraction of sp³-hybridized carbons (Fsp3) is 0.0800. The average molecular weight is 439 g/mol. The van der Waals surface area contributed by atoms with Gasteiger partial charge in [-0.3, -0.25) is 10.1 Å². The van der Waals surface area contributed by atoms with Crippen molar-refractivity contribution in [1.82, 2.24) is 19.7 Å². The number of methoxy groups -OCH3 is 2. The number of nitrogens with one attached hydrogen (secondary N) is 2. The SMILES string of the molecule is COc1ccc(-c2cn(-c3ccccc3)nc2C(=O)Nc2nc3ccccc3[nH]2)cc1OC. The van der Waals surface area contributed by atoms with E-state index in [1.54, 1.807) is 25.0 Å². The fourth-order valence-corrected chi connectivity index (χ4v) is 3.65. The Balaban J connectivity index is 1.57. The van der Waals surface area contributed by atoms with Crippen molar-refractivity contribution in [2.45, 2.75) is 0 Å². The van der Waals surface area contributed by atoms with Crippen LogP contribution in [-0.2, 0) is 0 Å². The quantitative estimate of drug-likeness (QED) is 0.400. The zero-order valence-corrected chi connectivity index (χ0v) is 18.1. The molecule has 2 aromatic heterocycles. The molecule has 0 atom stereocenters. The Morgan fingerprint density at radius 1 is 0.939 bits per heavy atom. The molecule has 8 heteroatoms. The Morgan fingerprint density at radius 3 is 2.45 bits per heavy atom. The molecule has 0 aliphatic heterocycles. The molecular formula is C25H21N5O3. The molecule has 0 aliphatic rings. The monoisotopic (exact) mass is 439 g/mol. The number of ether oxygens (including phenoxy) is 2. The van der Waals surface area contributed by atoms with Crippen LogP contribution in [0.25, 0.3) is 27.8 Å². The molecule has 1 amide bonds. The summed E-state index contributed by atoms with van der Waals surface area (Å²) in [6.45, 7) is 0. The number of fused-ring (bicyclic) bond motifs is 1. The van der Waals surface area contributed by atoms with Crippen LogP contribution in [0, 0.1) is 0 Å². The molecule has 164 valence electrons. The first-order valence-electron chi connectivity index (χ1n) is 10.3. The van der Waals surface area contributed by atoms with Crippen LogP contribution < -0.4 is 14.8 Å². The summed E-state index contributed by atoms with van der Waals surface area (Å²) in [5.41, 5.74) is 4.11. The zero-order chi connectivity index (χ0) is 22.8. The van der Waals surface area contributed by atoms with E-state index in [1.807, 2.05) is 72.9 Å². The van der Waals surface area contributed by atoms with Gasteiger partial charge in [0.2, 0.25) is 5.95 Å². The maximum Gasteiger partial charge on any atom is 0.279 e. The number of carbonyl (C=O) groups excluding carboxylic acids is 1. The van der Waals surface area contributed by atoms with E-state index in [2.05, 4.69) is 20.4 Å². The maximum atomic E-state index is 13.3. The molecule has 0 aliphatic carbocycles. The van der Waals surface area contributed by atoms with Crippen molar-refractivity contribution in [1.29, 1.82) is 0 Å². The summed E-state index contributed by atoms with van der Waals surface area (Å²) in [5.74, 6) is 1.14. The highest BCUT2D eigenvalue weighted by atomic mass is 16.5. The van der Waals surface area contributed by atoms with Crippen LogP contribution in [0.3, 0.4) is 0 Å². The number of carbonyl (C=O) groups is 1. The van der Waals surface area contributed by atoms with Gasteiger partial charge in [0.05, 0.1) is 30.9 Å². The summed E-state index contributed by atoms with van der Waals surface area (Å²) in [6, 6.07) is 22.7. The fourth-order valence-electron chi connectivity index (χ4n) is 3.65. The largest absolute Gasteiger partial charge is 0.493 e. The summed E-state index contributed by atoms with van der Waals surface area (Å²) < 4.78 is 12.5. The van der Waals surface area contributed by atoms with Crippen molar-refractivity contribution in [3.63, 3.8) is 0 Å². The number of nitrogens with zero attached hydrogens (tertiary/aromatic N) is 3. The zero-order valence-electron chi connectivity index (χ0n) is 18.1. The Bertz CT molecular complexity index is 1410. The van der Waals surface area contributed by atoms with E-state index < -0.39 is 0 Å². The van der Waals surface area contributed by atoms with Crippen molar-refractivity contribution in [3.8, 4) is 28.3 Å². The number of hydrogen-bond acceptors (Lipinski definition) is 5. The number of hydrogen-bond donors (Lipinski definition) is 2. The van der Waals surface area contributed by atoms with Crippen LogP contribution >= 0.6 is 0 Å². The molecule has 0 radical (unpaired) electrons. The molecule has 8 nitrogen and oxygen atoms in total.